The highest BCUT2D eigenvalue weighted by atomic mass is 127. The Kier molecular flexibility index (Phi) is 31.3. The maximum Gasteiger partial charge on any atom is 0.0594 e. The Morgan fingerprint density at radius 3 is 0.719 bits per heavy atom. The summed E-state index contributed by atoms with van der Waals surface area (Å²) in [4.78, 5) is 0. The molecule has 0 atom stereocenters. The molecule has 0 aliphatic rings. The summed E-state index contributed by atoms with van der Waals surface area (Å²) >= 11 is 0. The van der Waals surface area contributed by atoms with Gasteiger partial charge in [-0.1, -0.05) is 118 Å². The van der Waals surface area contributed by atoms with Gasteiger partial charge in [0, 0.05) is 7.26 Å². The summed E-state index contributed by atoms with van der Waals surface area (Å²) in [7, 11) is -0.691. The molecule has 0 nitrogen and oxygen atoms in total. The van der Waals surface area contributed by atoms with Gasteiger partial charge >= 0.3 is 0 Å². The molecule has 0 N–H and O–H groups in total. The van der Waals surface area contributed by atoms with Crippen molar-refractivity contribution >= 4 is 7.26 Å². The van der Waals surface area contributed by atoms with Crippen LogP contribution in [0, 0.1) is 0 Å². The van der Waals surface area contributed by atoms with Crippen molar-refractivity contribution in [2.24, 2.45) is 0 Å². The normalized spacial score (nSPS) is 11.6. The first kappa shape index (κ1) is 35.3. The number of halogens is 1. The summed E-state index contributed by atoms with van der Waals surface area (Å²) in [5, 5.41) is 0. The molecule has 0 saturated heterocycles. The minimum atomic E-state index is -0.691. The van der Waals surface area contributed by atoms with E-state index in [0.717, 1.165) is 0 Å². The van der Waals surface area contributed by atoms with Crippen LogP contribution >= 0.6 is 7.26 Å². The van der Waals surface area contributed by atoms with E-state index in [-0.39, 0.29) is 24.0 Å². The second-order valence-corrected chi connectivity index (χ2v) is 15.1. The molecule has 0 aliphatic heterocycles. The Balaban J connectivity index is 0. The summed E-state index contributed by atoms with van der Waals surface area (Å²) in [6.07, 6.45) is 39.1. The lowest BCUT2D eigenvalue weighted by molar-refractivity contribution is -0.00000711. The van der Waals surface area contributed by atoms with Crippen molar-refractivity contribution in [3.05, 3.63) is 0 Å². The van der Waals surface area contributed by atoms with Crippen LogP contribution in [0.3, 0.4) is 0 Å². The van der Waals surface area contributed by atoms with E-state index in [4.69, 9.17) is 0 Å². The highest BCUT2D eigenvalue weighted by Crippen LogP contribution is 2.61. The van der Waals surface area contributed by atoms with Crippen molar-refractivity contribution in [3.63, 3.8) is 0 Å². The van der Waals surface area contributed by atoms with Crippen molar-refractivity contribution in [2.75, 3.05) is 24.6 Å². The van der Waals surface area contributed by atoms with Gasteiger partial charge in [-0.15, -0.1) is 0 Å². The molecule has 0 radical (unpaired) electrons. The Bertz CT molecular complexity index is 300. The molecule has 0 bridgehead atoms. The smallest absolute Gasteiger partial charge is 0.0594 e. The van der Waals surface area contributed by atoms with Gasteiger partial charge in [-0.2, -0.15) is 0 Å². The topological polar surface area (TPSA) is 0 Å². The third kappa shape index (κ3) is 22.9. The van der Waals surface area contributed by atoms with E-state index in [9.17, 15) is 0 Å². The molecule has 0 aromatic rings. The largest absolute Gasteiger partial charge is 1.00 e. The quantitative estimate of drug-likeness (QED) is 0.0544. The average Bonchev–Trinajstić information content (AvgIpc) is 2.78. The van der Waals surface area contributed by atoms with Crippen LogP contribution in [0.15, 0.2) is 0 Å². The molecule has 0 aromatic carbocycles. The zero-order valence-electron chi connectivity index (χ0n) is 23.2. The lowest BCUT2D eigenvalue weighted by Gasteiger charge is -2.28. The Labute approximate surface area is 224 Å². The second-order valence-electron chi connectivity index (χ2n) is 10.6. The summed E-state index contributed by atoms with van der Waals surface area (Å²) in [6, 6.07) is 0. The van der Waals surface area contributed by atoms with Crippen molar-refractivity contribution < 1.29 is 24.0 Å². The van der Waals surface area contributed by atoms with Crippen LogP contribution in [-0.4, -0.2) is 24.6 Å². The van der Waals surface area contributed by atoms with Gasteiger partial charge in [-0.05, 0) is 51.4 Å². The fourth-order valence-electron chi connectivity index (χ4n) is 5.23. The summed E-state index contributed by atoms with van der Waals surface area (Å²) in [5.74, 6) is 0. The molecule has 0 aliphatic carbocycles. The molecule has 0 unspecified atom stereocenters. The van der Waals surface area contributed by atoms with Gasteiger partial charge in [0.25, 0.3) is 0 Å². The lowest BCUT2D eigenvalue weighted by atomic mass is 10.1. The molecular weight excluding hydrogens is 518 g/mol. The van der Waals surface area contributed by atoms with Crippen molar-refractivity contribution in [1.29, 1.82) is 0 Å². The molecule has 0 amide bonds. The van der Waals surface area contributed by atoms with E-state index in [1.54, 1.807) is 50.3 Å². The average molecular weight is 583 g/mol. The molecule has 0 saturated carbocycles. The molecule has 0 heterocycles. The van der Waals surface area contributed by atoms with Crippen LogP contribution in [0.2, 0.25) is 0 Å². The van der Waals surface area contributed by atoms with Crippen LogP contribution < -0.4 is 24.0 Å². The first-order valence-corrected chi connectivity index (χ1v) is 17.6. The van der Waals surface area contributed by atoms with Crippen LogP contribution in [0.4, 0.5) is 0 Å². The zero-order valence-corrected chi connectivity index (χ0v) is 26.3. The van der Waals surface area contributed by atoms with Crippen LogP contribution in [0.5, 0.6) is 0 Å². The van der Waals surface area contributed by atoms with Crippen LogP contribution in [-0.2, 0) is 0 Å². The summed E-state index contributed by atoms with van der Waals surface area (Å²) < 4.78 is 0. The predicted octanol–water partition coefficient (Wildman–Crippen LogP) is 8.67. The Morgan fingerprint density at radius 2 is 0.469 bits per heavy atom. The number of hydrogen-bond acceptors (Lipinski definition) is 0. The van der Waals surface area contributed by atoms with Gasteiger partial charge in [-0.3, -0.25) is 0 Å². The maximum absolute atomic E-state index is 2.36. The predicted molar refractivity (Wildman–Crippen MR) is 151 cm³/mol. The summed E-state index contributed by atoms with van der Waals surface area (Å²) in [5.41, 5.74) is 0. The fraction of sp³-hybridized carbons (Fsp3) is 1.00. The van der Waals surface area contributed by atoms with Crippen molar-refractivity contribution in [3.8, 4) is 0 Å². The fourth-order valence-corrected chi connectivity index (χ4v) is 10.1. The molecule has 0 spiro atoms. The molecule has 196 valence electrons. The first-order valence-electron chi connectivity index (χ1n) is 15.1. The third-order valence-corrected chi connectivity index (χ3v) is 12.5. The first-order chi connectivity index (χ1) is 15.2. The minimum absolute atomic E-state index is 0. The monoisotopic (exact) mass is 582 g/mol. The van der Waals surface area contributed by atoms with E-state index < -0.39 is 7.26 Å². The van der Waals surface area contributed by atoms with Crippen LogP contribution in [0.1, 0.15) is 169 Å². The SMILES string of the molecule is CCCCCCCCCCCC[P+](CCCCCC)(CCCCCC)CCCCCC.[I-]. The van der Waals surface area contributed by atoms with Gasteiger partial charge < -0.3 is 24.0 Å². The number of unbranched alkanes of at least 4 members (excludes halogenated alkanes) is 18. The summed E-state index contributed by atoms with van der Waals surface area (Å²) in [6.45, 7) is 9.41. The molecule has 0 aromatic heterocycles. The molecular formula is C30H64IP. The van der Waals surface area contributed by atoms with E-state index in [0.29, 0.717) is 0 Å². The van der Waals surface area contributed by atoms with Gasteiger partial charge in [0.15, 0.2) is 0 Å². The molecule has 0 fully saturated rings. The van der Waals surface area contributed by atoms with Crippen LogP contribution in [0.25, 0.3) is 0 Å². The van der Waals surface area contributed by atoms with E-state index >= 15 is 0 Å². The van der Waals surface area contributed by atoms with Gasteiger partial charge in [-0.25, -0.2) is 0 Å². The number of rotatable bonds is 26. The third-order valence-electron chi connectivity index (χ3n) is 7.44. The standard InChI is InChI=1S/C30H64P.HI/c1-5-9-13-17-18-19-20-21-22-26-30-31(27-23-14-10-6-2,28-24-15-11-7-3)29-25-16-12-8-4;/h5-30H2,1-4H3;1H/q+1;/p-1. The van der Waals surface area contributed by atoms with Gasteiger partial charge in [0.2, 0.25) is 0 Å². The molecule has 2 heteroatoms. The Morgan fingerprint density at radius 1 is 0.281 bits per heavy atom. The van der Waals surface area contributed by atoms with Crippen molar-refractivity contribution in [1.82, 2.24) is 0 Å². The Hall–Kier alpha value is 1.16. The highest BCUT2D eigenvalue weighted by molar-refractivity contribution is 7.75. The van der Waals surface area contributed by atoms with E-state index in [1.807, 2.05) is 0 Å². The molecule has 32 heavy (non-hydrogen) atoms. The van der Waals surface area contributed by atoms with Gasteiger partial charge in [0.1, 0.15) is 0 Å². The maximum atomic E-state index is 2.36. The highest BCUT2D eigenvalue weighted by Gasteiger charge is 2.34. The number of hydrogen-bond donors (Lipinski definition) is 0. The lowest BCUT2D eigenvalue weighted by Crippen LogP contribution is -3.00. The second kappa shape index (κ2) is 28.4. The zero-order chi connectivity index (χ0) is 22.9. The molecule has 0 rings (SSSR count). The van der Waals surface area contributed by atoms with Gasteiger partial charge in [0.05, 0.1) is 24.6 Å². The van der Waals surface area contributed by atoms with E-state index in [1.165, 1.54) is 116 Å². The minimum Gasteiger partial charge on any atom is -1.00 e. The van der Waals surface area contributed by atoms with E-state index in [2.05, 4.69) is 27.7 Å². The van der Waals surface area contributed by atoms with Crippen molar-refractivity contribution in [2.45, 2.75) is 169 Å².